The first-order valence-electron chi connectivity index (χ1n) is 2.67. The molecule has 3 heteroatoms. The van der Waals surface area contributed by atoms with Crippen LogP contribution in [0.3, 0.4) is 0 Å². The third-order valence-electron chi connectivity index (χ3n) is 1.20. The standard InChI is InChI=1S/C5H9NO2/c6-4-3-8-2-1-5(4)7/h4H,1-3,6H2/t4-/m0/s1. The number of ether oxygens (including phenoxy) is 1. The van der Waals surface area contributed by atoms with Crippen LogP contribution < -0.4 is 5.73 Å². The molecule has 0 unspecified atom stereocenters. The first-order chi connectivity index (χ1) is 3.80. The van der Waals surface area contributed by atoms with Crippen molar-refractivity contribution in [2.75, 3.05) is 13.2 Å². The van der Waals surface area contributed by atoms with Crippen LogP contribution >= 0.6 is 0 Å². The zero-order chi connectivity index (χ0) is 5.98. The van der Waals surface area contributed by atoms with Crippen LogP contribution in [0.25, 0.3) is 0 Å². The van der Waals surface area contributed by atoms with Crippen molar-refractivity contribution in [3.8, 4) is 0 Å². The highest BCUT2D eigenvalue weighted by molar-refractivity contribution is 5.84. The Bertz CT molecular complexity index is 103. The number of nitrogens with two attached hydrogens (primary N) is 1. The van der Waals surface area contributed by atoms with Gasteiger partial charge < -0.3 is 10.5 Å². The average molecular weight is 115 g/mol. The highest BCUT2D eigenvalue weighted by atomic mass is 16.5. The molecule has 0 aromatic rings. The molecule has 0 aliphatic carbocycles. The maximum absolute atomic E-state index is 10.6. The van der Waals surface area contributed by atoms with Crippen LogP contribution in [-0.2, 0) is 9.53 Å². The van der Waals surface area contributed by atoms with Gasteiger partial charge in [-0.3, -0.25) is 4.79 Å². The maximum atomic E-state index is 10.6. The molecule has 46 valence electrons. The number of hydrogen-bond acceptors (Lipinski definition) is 3. The van der Waals surface area contributed by atoms with Crippen molar-refractivity contribution in [3.05, 3.63) is 0 Å². The van der Waals surface area contributed by atoms with Crippen molar-refractivity contribution < 1.29 is 9.53 Å². The lowest BCUT2D eigenvalue weighted by Gasteiger charge is -2.15. The van der Waals surface area contributed by atoms with Gasteiger partial charge in [-0.2, -0.15) is 0 Å². The van der Waals surface area contributed by atoms with Crippen LogP contribution in [0, 0.1) is 0 Å². The SMILES string of the molecule is N[C@H]1COCCC1=O. The molecule has 1 fully saturated rings. The van der Waals surface area contributed by atoms with E-state index in [0.29, 0.717) is 19.6 Å². The topological polar surface area (TPSA) is 52.3 Å². The van der Waals surface area contributed by atoms with Gasteiger partial charge in [-0.1, -0.05) is 0 Å². The van der Waals surface area contributed by atoms with Gasteiger partial charge in [-0.25, -0.2) is 0 Å². The van der Waals surface area contributed by atoms with Crippen LogP contribution in [0.15, 0.2) is 0 Å². The molecule has 0 saturated carbocycles. The number of ketones is 1. The average Bonchev–Trinajstić information content (AvgIpc) is 1.77. The second-order valence-electron chi connectivity index (χ2n) is 1.90. The largest absolute Gasteiger partial charge is 0.379 e. The Hall–Kier alpha value is -0.410. The minimum absolute atomic E-state index is 0.122. The summed E-state index contributed by atoms with van der Waals surface area (Å²) < 4.78 is 4.91. The number of carbonyl (C=O) groups is 1. The molecule has 1 saturated heterocycles. The van der Waals surface area contributed by atoms with Gasteiger partial charge in [0.1, 0.15) is 0 Å². The van der Waals surface area contributed by atoms with Gasteiger partial charge in [0.2, 0.25) is 0 Å². The zero-order valence-electron chi connectivity index (χ0n) is 4.59. The Morgan fingerprint density at radius 1 is 1.75 bits per heavy atom. The van der Waals surface area contributed by atoms with E-state index >= 15 is 0 Å². The Morgan fingerprint density at radius 2 is 2.50 bits per heavy atom. The third-order valence-corrected chi connectivity index (χ3v) is 1.20. The predicted molar refractivity (Wildman–Crippen MR) is 28.4 cm³/mol. The van der Waals surface area contributed by atoms with E-state index in [-0.39, 0.29) is 11.8 Å². The van der Waals surface area contributed by atoms with Gasteiger partial charge in [-0.05, 0) is 0 Å². The Morgan fingerprint density at radius 3 is 2.88 bits per heavy atom. The van der Waals surface area contributed by atoms with E-state index in [1.54, 1.807) is 0 Å². The first kappa shape index (κ1) is 5.72. The lowest BCUT2D eigenvalue weighted by atomic mass is 10.1. The Labute approximate surface area is 47.8 Å². The molecule has 0 amide bonds. The lowest BCUT2D eigenvalue weighted by Crippen LogP contribution is -2.39. The van der Waals surface area contributed by atoms with Crippen LogP contribution in [-0.4, -0.2) is 25.0 Å². The van der Waals surface area contributed by atoms with E-state index in [4.69, 9.17) is 10.5 Å². The van der Waals surface area contributed by atoms with Gasteiger partial charge in [0, 0.05) is 6.42 Å². The number of hydrogen-bond donors (Lipinski definition) is 1. The zero-order valence-corrected chi connectivity index (χ0v) is 4.59. The van der Waals surface area contributed by atoms with Crippen LogP contribution in [0.4, 0.5) is 0 Å². The lowest BCUT2D eigenvalue weighted by molar-refractivity contribution is -0.126. The summed E-state index contributed by atoms with van der Waals surface area (Å²) in [6.07, 6.45) is 0.487. The molecule has 1 rings (SSSR count). The molecule has 1 heterocycles. The predicted octanol–water partition coefficient (Wildman–Crippen LogP) is -0.697. The van der Waals surface area contributed by atoms with Crippen molar-refractivity contribution in [1.29, 1.82) is 0 Å². The monoisotopic (exact) mass is 115 g/mol. The van der Waals surface area contributed by atoms with E-state index < -0.39 is 0 Å². The maximum Gasteiger partial charge on any atom is 0.154 e. The number of rotatable bonds is 0. The molecular formula is C5H9NO2. The summed E-state index contributed by atoms with van der Waals surface area (Å²) in [5, 5.41) is 0. The van der Waals surface area contributed by atoms with Crippen molar-refractivity contribution >= 4 is 5.78 Å². The van der Waals surface area contributed by atoms with Crippen LogP contribution in [0.2, 0.25) is 0 Å². The number of carbonyl (C=O) groups excluding carboxylic acids is 1. The van der Waals surface area contributed by atoms with Crippen LogP contribution in [0.1, 0.15) is 6.42 Å². The third kappa shape index (κ3) is 1.05. The minimum atomic E-state index is -0.358. The molecule has 3 nitrogen and oxygen atoms in total. The summed E-state index contributed by atoms with van der Waals surface area (Å²) in [6, 6.07) is -0.358. The number of Topliss-reactive ketones (excluding diaryl/α,β-unsaturated/α-hetero) is 1. The quantitative estimate of drug-likeness (QED) is 0.454. The van der Waals surface area contributed by atoms with Gasteiger partial charge in [-0.15, -0.1) is 0 Å². The van der Waals surface area contributed by atoms with Crippen molar-refractivity contribution in [1.82, 2.24) is 0 Å². The normalized spacial score (nSPS) is 30.6. The fourth-order valence-electron chi connectivity index (χ4n) is 0.661. The Balaban J connectivity index is 2.39. The van der Waals surface area contributed by atoms with E-state index in [1.165, 1.54) is 0 Å². The summed E-state index contributed by atoms with van der Waals surface area (Å²) >= 11 is 0. The van der Waals surface area contributed by atoms with Crippen molar-refractivity contribution in [2.24, 2.45) is 5.73 Å². The molecule has 0 spiro atoms. The van der Waals surface area contributed by atoms with Crippen molar-refractivity contribution in [2.45, 2.75) is 12.5 Å². The molecule has 1 aliphatic heterocycles. The molecule has 2 N–H and O–H groups in total. The van der Waals surface area contributed by atoms with Gasteiger partial charge in [0.15, 0.2) is 5.78 Å². The summed E-state index contributed by atoms with van der Waals surface area (Å²) in [6.45, 7) is 0.950. The molecule has 1 aliphatic rings. The molecule has 1 atom stereocenters. The summed E-state index contributed by atoms with van der Waals surface area (Å²) in [4.78, 5) is 10.6. The molecule has 0 bridgehead atoms. The molecule has 0 aromatic heterocycles. The van der Waals surface area contributed by atoms with E-state index in [9.17, 15) is 4.79 Å². The minimum Gasteiger partial charge on any atom is -0.379 e. The molecular weight excluding hydrogens is 106 g/mol. The fourth-order valence-corrected chi connectivity index (χ4v) is 0.661. The van der Waals surface area contributed by atoms with Crippen LogP contribution in [0.5, 0.6) is 0 Å². The summed E-state index contributed by atoms with van der Waals surface area (Å²) in [5.41, 5.74) is 5.30. The highest BCUT2D eigenvalue weighted by Gasteiger charge is 2.17. The second kappa shape index (κ2) is 2.24. The van der Waals surface area contributed by atoms with Gasteiger partial charge in [0.05, 0.1) is 19.3 Å². The molecule has 0 radical (unpaired) electrons. The molecule has 8 heavy (non-hydrogen) atoms. The van der Waals surface area contributed by atoms with E-state index in [2.05, 4.69) is 0 Å². The smallest absolute Gasteiger partial charge is 0.154 e. The summed E-state index contributed by atoms with van der Waals surface area (Å²) in [5.74, 6) is 0.122. The highest BCUT2D eigenvalue weighted by Crippen LogP contribution is 1.97. The summed E-state index contributed by atoms with van der Waals surface area (Å²) in [7, 11) is 0. The first-order valence-corrected chi connectivity index (χ1v) is 2.67. The van der Waals surface area contributed by atoms with Crippen molar-refractivity contribution in [3.63, 3.8) is 0 Å². The Kier molecular flexibility index (Phi) is 1.60. The van der Waals surface area contributed by atoms with E-state index in [1.807, 2.05) is 0 Å². The molecule has 0 aromatic carbocycles. The fraction of sp³-hybridized carbons (Fsp3) is 0.800. The van der Waals surface area contributed by atoms with Gasteiger partial charge in [0.25, 0.3) is 0 Å². The van der Waals surface area contributed by atoms with E-state index in [0.717, 1.165) is 0 Å². The van der Waals surface area contributed by atoms with Gasteiger partial charge >= 0.3 is 0 Å². The second-order valence-corrected chi connectivity index (χ2v) is 1.90.